The molecule has 1 aromatic carbocycles. The van der Waals surface area contributed by atoms with Crippen molar-refractivity contribution in [3.8, 4) is 0 Å². The predicted molar refractivity (Wildman–Crippen MR) is 85.3 cm³/mol. The zero-order chi connectivity index (χ0) is 16.4. The van der Waals surface area contributed by atoms with E-state index in [1.165, 1.54) is 18.3 Å². The highest BCUT2D eigenvalue weighted by Gasteiger charge is 2.25. The van der Waals surface area contributed by atoms with Gasteiger partial charge in [0.25, 0.3) is 0 Å². The van der Waals surface area contributed by atoms with Gasteiger partial charge in [-0.1, -0.05) is 32.0 Å². The van der Waals surface area contributed by atoms with Crippen molar-refractivity contribution in [3.05, 3.63) is 54.0 Å². The lowest BCUT2D eigenvalue weighted by Gasteiger charge is -2.26. The highest BCUT2D eigenvalue weighted by molar-refractivity contribution is 7.90. The van der Waals surface area contributed by atoms with Crippen LogP contribution in [-0.4, -0.2) is 26.2 Å². The standard InChI is InChI=1S/C16H19FN2O2S/c1-16(2,12-7-4-5-8-13(12)17)11-19-15-14(22(3,20)21)9-6-10-18-15/h4-10H,11H2,1-3H3,(H,18,19). The van der Waals surface area contributed by atoms with Gasteiger partial charge in [-0.3, -0.25) is 0 Å². The van der Waals surface area contributed by atoms with Crippen LogP contribution in [0.15, 0.2) is 47.5 Å². The maximum atomic E-state index is 13.9. The van der Waals surface area contributed by atoms with E-state index in [1.54, 1.807) is 24.3 Å². The molecule has 0 aliphatic heterocycles. The Hall–Kier alpha value is -1.95. The quantitative estimate of drug-likeness (QED) is 0.919. The van der Waals surface area contributed by atoms with E-state index in [4.69, 9.17) is 0 Å². The number of benzene rings is 1. The van der Waals surface area contributed by atoms with Crippen LogP contribution in [-0.2, 0) is 15.3 Å². The van der Waals surface area contributed by atoms with Crippen LogP contribution in [0.25, 0.3) is 0 Å². The van der Waals surface area contributed by atoms with Crippen molar-refractivity contribution < 1.29 is 12.8 Å². The van der Waals surface area contributed by atoms with Crippen LogP contribution in [0, 0.1) is 5.82 Å². The molecule has 0 bridgehead atoms. The van der Waals surface area contributed by atoms with Crippen molar-refractivity contribution >= 4 is 15.7 Å². The maximum Gasteiger partial charge on any atom is 0.179 e. The van der Waals surface area contributed by atoms with E-state index < -0.39 is 15.3 Å². The topological polar surface area (TPSA) is 59.1 Å². The van der Waals surface area contributed by atoms with Crippen LogP contribution in [0.3, 0.4) is 0 Å². The lowest BCUT2D eigenvalue weighted by molar-refractivity contribution is 0.503. The van der Waals surface area contributed by atoms with Gasteiger partial charge in [0.15, 0.2) is 9.84 Å². The lowest BCUT2D eigenvalue weighted by atomic mass is 9.84. The summed E-state index contributed by atoms with van der Waals surface area (Å²) in [5.74, 6) is 0.00747. The van der Waals surface area contributed by atoms with Crippen molar-refractivity contribution in [2.45, 2.75) is 24.2 Å². The van der Waals surface area contributed by atoms with Crippen LogP contribution >= 0.6 is 0 Å². The molecule has 0 saturated heterocycles. The molecule has 0 fully saturated rings. The van der Waals surface area contributed by atoms with Crippen molar-refractivity contribution in [2.75, 3.05) is 18.1 Å². The van der Waals surface area contributed by atoms with E-state index in [0.717, 1.165) is 6.26 Å². The molecule has 4 nitrogen and oxygen atoms in total. The minimum Gasteiger partial charge on any atom is -0.368 e. The van der Waals surface area contributed by atoms with E-state index in [1.807, 2.05) is 13.8 Å². The molecule has 1 N–H and O–H groups in total. The number of rotatable bonds is 5. The molecule has 0 spiro atoms. The Kier molecular flexibility index (Phi) is 4.51. The molecule has 118 valence electrons. The summed E-state index contributed by atoms with van der Waals surface area (Å²) >= 11 is 0. The fourth-order valence-corrected chi connectivity index (χ4v) is 3.03. The Labute approximate surface area is 130 Å². The van der Waals surface area contributed by atoms with E-state index in [-0.39, 0.29) is 16.5 Å². The number of nitrogens with zero attached hydrogens (tertiary/aromatic N) is 1. The van der Waals surface area contributed by atoms with Crippen LogP contribution in [0.5, 0.6) is 0 Å². The first-order chi connectivity index (χ1) is 10.2. The Morgan fingerprint density at radius 1 is 1.18 bits per heavy atom. The number of nitrogens with one attached hydrogen (secondary N) is 1. The normalized spacial score (nSPS) is 12.2. The third kappa shape index (κ3) is 3.62. The fourth-order valence-electron chi connectivity index (χ4n) is 2.23. The minimum absolute atomic E-state index is 0.138. The van der Waals surface area contributed by atoms with Crippen molar-refractivity contribution in [3.63, 3.8) is 0 Å². The van der Waals surface area contributed by atoms with Gasteiger partial charge in [-0.25, -0.2) is 17.8 Å². The second-order valence-electron chi connectivity index (χ2n) is 5.84. The second-order valence-corrected chi connectivity index (χ2v) is 7.82. The predicted octanol–water partition coefficient (Wildman–Crippen LogP) is 3.01. The minimum atomic E-state index is -3.37. The van der Waals surface area contributed by atoms with Gasteiger partial charge in [0.05, 0.1) is 0 Å². The molecule has 1 heterocycles. The molecule has 0 saturated carbocycles. The molecule has 1 aromatic heterocycles. The van der Waals surface area contributed by atoms with Gasteiger partial charge in [0.2, 0.25) is 0 Å². The van der Waals surface area contributed by atoms with Gasteiger partial charge in [0, 0.05) is 24.4 Å². The monoisotopic (exact) mass is 322 g/mol. The molecule has 0 aliphatic rings. The number of anilines is 1. The van der Waals surface area contributed by atoms with Gasteiger partial charge in [0.1, 0.15) is 16.5 Å². The largest absolute Gasteiger partial charge is 0.368 e. The average Bonchev–Trinajstić information content (AvgIpc) is 2.45. The summed E-state index contributed by atoms with van der Waals surface area (Å²) in [6, 6.07) is 9.64. The number of sulfone groups is 1. The molecule has 6 heteroatoms. The molecular formula is C16H19FN2O2S. The summed E-state index contributed by atoms with van der Waals surface area (Å²) < 4.78 is 37.5. The molecule has 0 aliphatic carbocycles. The molecule has 22 heavy (non-hydrogen) atoms. The maximum absolute atomic E-state index is 13.9. The number of hydrogen-bond acceptors (Lipinski definition) is 4. The Bertz CT molecular complexity index is 773. The fraction of sp³-hybridized carbons (Fsp3) is 0.312. The number of pyridine rings is 1. The summed E-state index contributed by atoms with van der Waals surface area (Å²) in [4.78, 5) is 4.22. The van der Waals surface area contributed by atoms with Gasteiger partial charge in [-0.05, 0) is 23.8 Å². The molecular weight excluding hydrogens is 303 g/mol. The smallest absolute Gasteiger partial charge is 0.179 e. The van der Waals surface area contributed by atoms with Crippen molar-refractivity contribution in [1.82, 2.24) is 4.98 Å². The highest BCUT2D eigenvalue weighted by Crippen LogP contribution is 2.27. The van der Waals surface area contributed by atoms with E-state index >= 15 is 0 Å². The summed E-state index contributed by atoms with van der Waals surface area (Å²) in [5, 5.41) is 3.03. The van der Waals surface area contributed by atoms with Crippen LogP contribution in [0.4, 0.5) is 10.2 Å². The molecule has 0 unspecified atom stereocenters. The molecule has 0 atom stereocenters. The summed E-state index contributed by atoms with van der Waals surface area (Å²) in [5.41, 5.74) is 0.0526. The van der Waals surface area contributed by atoms with E-state index in [9.17, 15) is 12.8 Å². The highest BCUT2D eigenvalue weighted by atomic mass is 32.2. The van der Waals surface area contributed by atoms with Crippen molar-refractivity contribution in [2.24, 2.45) is 0 Å². The number of halogens is 1. The SMILES string of the molecule is CC(C)(CNc1ncccc1S(C)(=O)=O)c1ccccc1F. The third-order valence-electron chi connectivity index (χ3n) is 3.47. The van der Waals surface area contributed by atoms with Crippen LogP contribution in [0.1, 0.15) is 19.4 Å². The van der Waals surface area contributed by atoms with Gasteiger partial charge in [-0.2, -0.15) is 0 Å². The van der Waals surface area contributed by atoms with Crippen LogP contribution < -0.4 is 5.32 Å². The van der Waals surface area contributed by atoms with Gasteiger partial charge >= 0.3 is 0 Å². The molecule has 0 radical (unpaired) electrons. The van der Waals surface area contributed by atoms with Gasteiger partial charge in [-0.15, -0.1) is 0 Å². The first kappa shape index (κ1) is 16.4. The Morgan fingerprint density at radius 2 is 1.86 bits per heavy atom. The first-order valence-corrected chi connectivity index (χ1v) is 8.75. The second kappa shape index (κ2) is 6.04. The molecule has 2 aromatic rings. The first-order valence-electron chi connectivity index (χ1n) is 6.86. The number of aromatic nitrogens is 1. The summed E-state index contributed by atoms with van der Waals surface area (Å²) in [7, 11) is -3.37. The Morgan fingerprint density at radius 3 is 2.50 bits per heavy atom. The summed E-state index contributed by atoms with van der Waals surface area (Å²) in [6.07, 6.45) is 2.66. The molecule has 2 rings (SSSR count). The third-order valence-corrected chi connectivity index (χ3v) is 4.60. The zero-order valence-electron chi connectivity index (χ0n) is 12.8. The lowest BCUT2D eigenvalue weighted by Crippen LogP contribution is -2.29. The molecule has 0 amide bonds. The van der Waals surface area contributed by atoms with E-state index in [0.29, 0.717) is 12.1 Å². The Balaban J connectivity index is 2.26. The average molecular weight is 322 g/mol. The van der Waals surface area contributed by atoms with Gasteiger partial charge < -0.3 is 5.32 Å². The van der Waals surface area contributed by atoms with Crippen molar-refractivity contribution in [1.29, 1.82) is 0 Å². The summed E-state index contributed by atoms with van der Waals surface area (Å²) in [6.45, 7) is 4.14. The number of hydrogen-bond donors (Lipinski definition) is 1. The van der Waals surface area contributed by atoms with E-state index in [2.05, 4.69) is 10.3 Å². The van der Waals surface area contributed by atoms with Crippen LogP contribution in [0.2, 0.25) is 0 Å². The zero-order valence-corrected chi connectivity index (χ0v) is 13.6.